The molecule has 0 fully saturated rings. The summed E-state index contributed by atoms with van der Waals surface area (Å²) in [5, 5.41) is 8.28. The lowest BCUT2D eigenvalue weighted by Gasteiger charge is -2.07. The summed E-state index contributed by atoms with van der Waals surface area (Å²) in [4.78, 5) is 0. The van der Waals surface area contributed by atoms with E-state index in [1.165, 1.54) is 12.1 Å². The number of hydrogen-bond donors (Lipinski definition) is 0. The molecule has 0 heterocycles. The highest BCUT2D eigenvalue weighted by atomic mass is 35.5. The van der Waals surface area contributed by atoms with E-state index in [-0.39, 0.29) is 10.6 Å². The van der Waals surface area contributed by atoms with Crippen molar-refractivity contribution >= 4 is 16.6 Å². The van der Waals surface area contributed by atoms with E-state index in [1.807, 2.05) is 0 Å². The van der Waals surface area contributed by atoms with Crippen LogP contribution < -0.4 is 0 Å². The molecule has 0 bridgehead atoms. The quantitative estimate of drug-likeness (QED) is 0.675. The zero-order valence-corrected chi connectivity index (χ0v) is 8.10. The predicted molar refractivity (Wildman–Crippen MR) is 50.9 cm³/mol. The van der Waals surface area contributed by atoms with Gasteiger partial charge in [0.1, 0.15) is 0 Å². The molecule has 0 aliphatic heterocycles. The van der Waals surface area contributed by atoms with E-state index >= 15 is 0 Å². The second-order valence-corrected chi connectivity index (χ2v) is 3.11. The largest absolute Gasteiger partial charge is 0.416 e. The summed E-state index contributed by atoms with van der Waals surface area (Å²) in [5.74, 6) is 0. The number of halogens is 4. The molecule has 0 amide bonds. The van der Waals surface area contributed by atoms with Crippen molar-refractivity contribution in [2.75, 3.05) is 0 Å². The van der Waals surface area contributed by atoms with E-state index in [0.717, 1.165) is 18.2 Å². The van der Waals surface area contributed by atoms with Crippen molar-refractivity contribution in [1.82, 2.24) is 0 Å². The fourth-order valence-corrected chi connectivity index (χ4v) is 1.15. The highest BCUT2D eigenvalue weighted by molar-refractivity contribution is 6.49. The van der Waals surface area contributed by atoms with Crippen molar-refractivity contribution in [3.63, 3.8) is 0 Å². The van der Waals surface area contributed by atoms with Gasteiger partial charge in [0, 0.05) is 6.08 Å². The Morgan fingerprint density at radius 2 is 2.07 bits per heavy atom. The Bertz CT molecular complexity index is 429. The Morgan fingerprint density at radius 3 is 2.60 bits per heavy atom. The maximum atomic E-state index is 12.3. The maximum Gasteiger partial charge on any atom is 0.416 e. The minimum absolute atomic E-state index is 0.0106. The van der Waals surface area contributed by atoms with Crippen LogP contribution >= 0.6 is 11.6 Å². The monoisotopic (exact) mass is 231 g/mol. The Hall–Kier alpha value is -1.47. The van der Waals surface area contributed by atoms with E-state index in [9.17, 15) is 13.2 Å². The van der Waals surface area contributed by atoms with E-state index in [2.05, 4.69) is 0 Å². The average Bonchev–Trinajstić information content (AvgIpc) is 2.17. The first kappa shape index (κ1) is 11.6. The molecule has 78 valence electrons. The molecule has 0 unspecified atom stereocenters. The van der Waals surface area contributed by atoms with Gasteiger partial charge in [-0.05, 0) is 17.7 Å². The highest BCUT2D eigenvalue weighted by Gasteiger charge is 2.30. The van der Waals surface area contributed by atoms with Crippen molar-refractivity contribution in [3.05, 3.63) is 41.5 Å². The molecule has 5 heteroatoms. The van der Waals surface area contributed by atoms with Crippen LogP contribution in [0.5, 0.6) is 0 Å². The van der Waals surface area contributed by atoms with Crippen LogP contribution in [-0.4, -0.2) is 0 Å². The molecule has 0 spiro atoms. The Morgan fingerprint density at radius 1 is 1.40 bits per heavy atom. The molecule has 1 rings (SSSR count). The minimum Gasteiger partial charge on any atom is -0.193 e. The van der Waals surface area contributed by atoms with Crippen LogP contribution in [0.25, 0.3) is 5.03 Å². The van der Waals surface area contributed by atoms with Gasteiger partial charge in [0.25, 0.3) is 0 Å². The predicted octanol–water partition coefficient (Wildman–Crippen LogP) is 3.81. The summed E-state index contributed by atoms with van der Waals surface area (Å²) >= 11 is 5.60. The molecular weight excluding hydrogens is 227 g/mol. The molecule has 0 saturated carbocycles. The summed E-state index contributed by atoms with van der Waals surface area (Å²) < 4.78 is 36.9. The second kappa shape index (κ2) is 4.37. The normalized spacial score (nSPS) is 12.3. The Kier molecular flexibility index (Phi) is 3.38. The van der Waals surface area contributed by atoms with Crippen LogP contribution in [-0.2, 0) is 6.18 Å². The third-order valence-electron chi connectivity index (χ3n) is 1.66. The highest BCUT2D eigenvalue weighted by Crippen LogP contribution is 2.31. The molecule has 0 N–H and O–H groups in total. The van der Waals surface area contributed by atoms with Crippen molar-refractivity contribution < 1.29 is 13.2 Å². The lowest BCUT2D eigenvalue weighted by Crippen LogP contribution is -2.04. The SMILES string of the molecule is N#C/C=C(\Cl)c1cccc(C(F)(F)F)c1. The van der Waals surface area contributed by atoms with E-state index in [4.69, 9.17) is 16.9 Å². The van der Waals surface area contributed by atoms with Crippen molar-refractivity contribution in [2.45, 2.75) is 6.18 Å². The number of benzene rings is 1. The topological polar surface area (TPSA) is 23.8 Å². The third kappa shape index (κ3) is 3.00. The number of nitrogens with zero attached hydrogens (tertiary/aromatic N) is 1. The average molecular weight is 232 g/mol. The van der Waals surface area contributed by atoms with Gasteiger partial charge in [-0.25, -0.2) is 0 Å². The third-order valence-corrected chi connectivity index (χ3v) is 1.98. The summed E-state index contributed by atoms with van der Waals surface area (Å²) in [7, 11) is 0. The van der Waals surface area contributed by atoms with Gasteiger partial charge < -0.3 is 0 Å². The molecule has 1 nitrogen and oxygen atoms in total. The van der Waals surface area contributed by atoms with Crippen LogP contribution in [0.15, 0.2) is 30.3 Å². The molecule has 0 atom stereocenters. The molecule has 0 aromatic heterocycles. The fraction of sp³-hybridized carbons (Fsp3) is 0.100. The minimum atomic E-state index is -4.40. The Labute approximate surface area is 89.4 Å². The van der Waals surface area contributed by atoms with Gasteiger partial charge in [-0.2, -0.15) is 18.4 Å². The van der Waals surface area contributed by atoms with Crippen LogP contribution in [0.3, 0.4) is 0 Å². The lowest BCUT2D eigenvalue weighted by atomic mass is 10.1. The lowest BCUT2D eigenvalue weighted by molar-refractivity contribution is -0.137. The van der Waals surface area contributed by atoms with E-state index in [1.54, 1.807) is 6.07 Å². The van der Waals surface area contributed by atoms with Gasteiger partial charge in [-0.3, -0.25) is 0 Å². The number of alkyl halides is 3. The smallest absolute Gasteiger partial charge is 0.193 e. The van der Waals surface area contributed by atoms with Crippen molar-refractivity contribution in [3.8, 4) is 6.07 Å². The van der Waals surface area contributed by atoms with Gasteiger partial charge in [-0.15, -0.1) is 0 Å². The molecule has 0 radical (unpaired) electrons. The second-order valence-electron chi connectivity index (χ2n) is 2.70. The summed E-state index contributed by atoms with van der Waals surface area (Å²) in [6, 6.07) is 6.14. The maximum absolute atomic E-state index is 12.3. The molecule has 15 heavy (non-hydrogen) atoms. The standard InChI is InChI=1S/C10H5ClF3N/c11-9(4-5-15)7-2-1-3-8(6-7)10(12,13)14/h1-4,6H/b9-4-. The molecule has 1 aromatic rings. The van der Waals surface area contributed by atoms with Crippen LogP contribution in [0.2, 0.25) is 0 Å². The number of rotatable bonds is 1. The van der Waals surface area contributed by atoms with Crippen LogP contribution in [0.1, 0.15) is 11.1 Å². The van der Waals surface area contributed by atoms with Crippen molar-refractivity contribution in [2.24, 2.45) is 0 Å². The summed E-state index contributed by atoms with van der Waals surface area (Å²) in [5.41, 5.74) is -0.613. The van der Waals surface area contributed by atoms with E-state index in [0.29, 0.717) is 0 Å². The molecule has 0 aliphatic carbocycles. The van der Waals surface area contributed by atoms with Crippen LogP contribution in [0.4, 0.5) is 13.2 Å². The molecule has 1 aromatic carbocycles. The van der Waals surface area contributed by atoms with Gasteiger partial charge >= 0.3 is 6.18 Å². The van der Waals surface area contributed by atoms with Crippen molar-refractivity contribution in [1.29, 1.82) is 5.26 Å². The number of hydrogen-bond acceptors (Lipinski definition) is 1. The number of allylic oxidation sites excluding steroid dienone is 1. The first-order valence-corrected chi connectivity index (χ1v) is 4.26. The van der Waals surface area contributed by atoms with E-state index < -0.39 is 11.7 Å². The molecular formula is C10H5ClF3N. The van der Waals surface area contributed by atoms with Gasteiger partial charge in [0.2, 0.25) is 0 Å². The summed E-state index contributed by atoms with van der Waals surface area (Å²) in [6.45, 7) is 0. The molecule has 0 saturated heterocycles. The molecule has 0 aliphatic rings. The van der Waals surface area contributed by atoms with Gasteiger partial charge in [-0.1, -0.05) is 23.7 Å². The zero-order valence-electron chi connectivity index (χ0n) is 7.35. The first-order chi connectivity index (χ1) is 6.95. The Balaban J connectivity index is 3.15. The van der Waals surface area contributed by atoms with Gasteiger partial charge in [0.15, 0.2) is 0 Å². The zero-order chi connectivity index (χ0) is 11.5. The summed E-state index contributed by atoms with van der Waals surface area (Å²) in [6.07, 6.45) is -3.42. The first-order valence-electron chi connectivity index (χ1n) is 3.88. The van der Waals surface area contributed by atoms with Gasteiger partial charge in [0.05, 0.1) is 16.7 Å². The number of nitriles is 1. The van der Waals surface area contributed by atoms with Crippen LogP contribution in [0, 0.1) is 11.3 Å². The fourth-order valence-electron chi connectivity index (χ4n) is 0.984.